The van der Waals surface area contributed by atoms with Crippen LogP contribution in [0, 0.1) is 0 Å². The van der Waals surface area contributed by atoms with E-state index < -0.39 is 0 Å². The molecule has 0 aromatic heterocycles. The molecule has 120 valence electrons. The predicted molar refractivity (Wildman–Crippen MR) is 76.9 cm³/mol. The van der Waals surface area contributed by atoms with E-state index in [0.29, 0.717) is 32.8 Å². The van der Waals surface area contributed by atoms with Gasteiger partial charge in [0.05, 0.1) is 19.7 Å². The van der Waals surface area contributed by atoms with Crippen LogP contribution in [0.2, 0.25) is 0 Å². The Bertz CT molecular complexity index is 407. The van der Waals surface area contributed by atoms with E-state index in [1.807, 2.05) is 18.9 Å². The molecule has 1 spiro atoms. The summed E-state index contributed by atoms with van der Waals surface area (Å²) in [7, 11) is 5.43. The molecule has 1 atom stereocenters. The third-order valence-electron chi connectivity index (χ3n) is 4.08. The molecular weight excluding hydrogens is 274 g/mol. The van der Waals surface area contributed by atoms with Crippen LogP contribution in [0.3, 0.4) is 0 Å². The molecule has 0 aliphatic carbocycles. The molecule has 0 unspecified atom stereocenters. The number of likely N-dealkylation sites (tertiary alicyclic amines) is 1. The summed E-state index contributed by atoms with van der Waals surface area (Å²) in [6.07, 6.45) is 0. The third kappa shape index (κ3) is 3.36. The molecular formula is C14H25N3O4. The van der Waals surface area contributed by atoms with E-state index in [4.69, 9.17) is 9.47 Å². The van der Waals surface area contributed by atoms with E-state index in [1.165, 1.54) is 0 Å². The molecule has 0 bridgehead atoms. The van der Waals surface area contributed by atoms with Gasteiger partial charge in [-0.2, -0.15) is 0 Å². The van der Waals surface area contributed by atoms with Gasteiger partial charge in [-0.15, -0.1) is 0 Å². The molecule has 0 radical (unpaired) electrons. The topological polar surface area (TPSA) is 62.3 Å². The minimum absolute atomic E-state index is 0.000203. The molecule has 2 heterocycles. The highest BCUT2D eigenvalue weighted by molar-refractivity contribution is 5.82. The molecule has 7 nitrogen and oxygen atoms in total. The maximum atomic E-state index is 12.0. The fraction of sp³-hybridized carbons (Fsp3) is 0.857. The highest BCUT2D eigenvalue weighted by Gasteiger charge is 2.51. The molecule has 0 aromatic rings. The van der Waals surface area contributed by atoms with Crippen molar-refractivity contribution in [2.75, 3.05) is 60.6 Å². The minimum atomic E-state index is -0.320. The Morgan fingerprint density at radius 3 is 2.52 bits per heavy atom. The standard InChI is InChI=1S/C14H25N3O4/c1-5-20-7-12(18)17-9-14(10-17)8-16(4)11(6-21-14)13(19)15(2)3/h11H,5-10H2,1-4H3/t11-/m1/s1. The first kappa shape index (κ1) is 16.2. The average molecular weight is 299 g/mol. The van der Waals surface area contributed by atoms with E-state index in [1.54, 1.807) is 23.9 Å². The molecule has 0 saturated carbocycles. The average Bonchev–Trinajstić information content (AvgIpc) is 2.41. The second kappa shape index (κ2) is 6.29. The number of carbonyl (C=O) groups excluding carboxylic acids is 2. The van der Waals surface area contributed by atoms with E-state index >= 15 is 0 Å². The number of hydrogen-bond donors (Lipinski definition) is 0. The van der Waals surface area contributed by atoms with Crippen molar-refractivity contribution >= 4 is 11.8 Å². The number of hydrogen-bond acceptors (Lipinski definition) is 5. The van der Waals surface area contributed by atoms with Crippen molar-refractivity contribution in [3.05, 3.63) is 0 Å². The van der Waals surface area contributed by atoms with Gasteiger partial charge in [-0.3, -0.25) is 14.5 Å². The number of rotatable bonds is 4. The number of morpholine rings is 1. The Labute approximate surface area is 125 Å². The van der Waals surface area contributed by atoms with E-state index in [0.717, 1.165) is 0 Å². The molecule has 2 amide bonds. The Morgan fingerprint density at radius 2 is 2.00 bits per heavy atom. The van der Waals surface area contributed by atoms with E-state index in [2.05, 4.69) is 0 Å². The van der Waals surface area contributed by atoms with Gasteiger partial charge in [0.2, 0.25) is 11.8 Å². The zero-order chi connectivity index (χ0) is 15.6. The smallest absolute Gasteiger partial charge is 0.248 e. The van der Waals surface area contributed by atoms with Gasteiger partial charge in [-0.25, -0.2) is 0 Å². The molecule has 2 aliphatic heterocycles. The number of likely N-dealkylation sites (N-methyl/N-ethyl adjacent to an activating group) is 2. The fourth-order valence-electron chi connectivity index (χ4n) is 2.85. The van der Waals surface area contributed by atoms with E-state index in [9.17, 15) is 9.59 Å². The first-order valence-corrected chi connectivity index (χ1v) is 7.29. The lowest BCUT2D eigenvalue weighted by Crippen LogP contribution is -2.73. The van der Waals surface area contributed by atoms with Gasteiger partial charge < -0.3 is 19.3 Å². The minimum Gasteiger partial charge on any atom is -0.372 e. The van der Waals surface area contributed by atoms with Crippen molar-refractivity contribution in [1.82, 2.24) is 14.7 Å². The lowest BCUT2D eigenvalue weighted by atomic mass is 9.90. The lowest BCUT2D eigenvalue weighted by Gasteiger charge is -2.54. The van der Waals surface area contributed by atoms with Crippen molar-refractivity contribution in [2.24, 2.45) is 0 Å². The lowest BCUT2D eigenvalue weighted by molar-refractivity contribution is -0.204. The largest absolute Gasteiger partial charge is 0.372 e. The number of amides is 2. The first-order chi connectivity index (χ1) is 9.88. The van der Waals surface area contributed by atoms with Crippen LogP contribution in [0.1, 0.15) is 6.92 Å². The summed E-state index contributed by atoms with van der Waals surface area (Å²) < 4.78 is 11.0. The van der Waals surface area contributed by atoms with Crippen LogP contribution in [-0.2, 0) is 19.1 Å². The molecule has 2 rings (SSSR count). The Morgan fingerprint density at radius 1 is 1.33 bits per heavy atom. The van der Waals surface area contributed by atoms with Crippen LogP contribution in [-0.4, -0.2) is 98.8 Å². The van der Waals surface area contributed by atoms with E-state index in [-0.39, 0.29) is 30.1 Å². The summed E-state index contributed by atoms with van der Waals surface area (Å²) in [6, 6.07) is -0.237. The molecule has 2 fully saturated rings. The van der Waals surface area contributed by atoms with Crippen LogP contribution in [0.4, 0.5) is 0 Å². The van der Waals surface area contributed by atoms with Crippen LogP contribution in [0.5, 0.6) is 0 Å². The maximum absolute atomic E-state index is 12.0. The summed E-state index contributed by atoms with van der Waals surface area (Å²) in [5.41, 5.74) is -0.320. The second-order valence-corrected chi connectivity index (χ2v) is 6.04. The van der Waals surface area contributed by atoms with Crippen LogP contribution < -0.4 is 0 Å². The summed E-state index contributed by atoms with van der Waals surface area (Å²) in [6.45, 7) is 4.73. The van der Waals surface area contributed by atoms with Gasteiger partial charge in [0.15, 0.2) is 0 Å². The predicted octanol–water partition coefficient (Wildman–Crippen LogP) is -0.977. The maximum Gasteiger partial charge on any atom is 0.248 e. The Balaban J connectivity index is 1.84. The van der Waals surface area contributed by atoms with Gasteiger partial charge >= 0.3 is 0 Å². The summed E-state index contributed by atoms with van der Waals surface area (Å²) in [5.74, 6) is 0.0520. The Kier molecular flexibility index (Phi) is 4.85. The van der Waals surface area contributed by atoms with Gasteiger partial charge in [0, 0.05) is 27.2 Å². The number of nitrogens with zero attached hydrogens (tertiary/aromatic N) is 3. The summed E-state index contributed by atoms with van der Waals surface area (Å²) in [4.78, 5) is 29.2. The van der Waals surface area contributed by atoms with Gasteiger partial charge in [-0.1, -0.05) is 0 Å². The summed E-state index contributed by atoms with van der Waals surface area (Å²) in [5, 5.41) is 0. The SMILES string of the molecule is CCOCC(=O)N1CC2(C1)CN(C)[C@@H](C(=O)N(C)C)CO2. The fourth-order valence-corrected chi connectivity index (χ4v) is 2.85. The van der Waals surface area contributed by atoms with Crippen LogP contribution >= 0.6 is 0 Å². The summed E-state index contributed by atoms with van der Waals surface area (Å²) >= 11 is 0. The monoisotopic (exact) mass is 299 g/mol. The van der Waals surface area contributed by atoms with Gasteiger partial charge in [-0.05, 0) is 14.0 Å². The molecule has 2 aliphatic rings. The zero-order valence-electron chi connectivity index (χ0n) is 13.3. The van der Waals surface area contributed by atoms with Crippen LogP contribution in [0.15, 0.2) is 0 Å². The van der Waals surface area contributed by atoms with Gasteiger partial charge in [0.25, 0.3) is 0 Å². The number of ether oxygens (including phenoxy) is 2. The van der Waals surface area contributed by atoms with Crippen molar-refractivity contribution < 1.29 is 19.1 Å². The third-order valence-corrected chi connectivity index (χ3v) is 4.08. The zero-order valence-corrected chi connectivity index (χ0v) is 13.3. The highest BCUT2D eigenvalue weighted by atomic mass is 16.5. The number of carbonyl (C=O) groups is 2. The van der Waals surface area contributed by atoms with Crippen molar-refractivity contribution in [3.8, 4) is 0 Å². The quantitative estimate of drug-likeness (QED) is 0.668. The second-order valence-electron chi connectivity index (χ2n) is 6.04. The molecule has 0 N–H and O–H groups in total. The van der Waals surface area contributed by atoms with Gasteiger partial charge in [0.1, 0.15) is 18.2 Å². The highest BCUT2D eigenvalue weighted by Crippen LogP contribution is 2.30. The molecule has 7 heteroatoms. The normalized spacial score (nSPS) is 24.8. The molecule has 2 saturated heterocycles. The molecule has 0 aromatic carbocycles. The van der Waals surface area contributed by atoms with Crippen molar-refractivity contribution in [3.63, 3.8) is 0 Å². The Hall–Kier alpha value is -1.18. The van der Waals surface area contributed by atoms with Crippen LogP contribution in [0.25, 0.3) is 0 Å². The van der Waals surface area contributed by atoms with Crippen molar-refractivity contribution in [2.45, 2.75) is 18.6 Å². The first-order valence-electron chi connectivity index (χ1n) is 7.29. The van der Waals surface area contributed by atoms with Crippen molar-refractivity contribution in [1.29, 1.82) is 0 Å². The molecule has 21 heavy (non-hydrogen) atoms.